The highest BCUT2D eigenvalue weighted by atomic mass is 16.6. The van der Waals surface area contributed by atoms with Crippen molar-refractivity contribution in [1.82, 2.24) is 25.5 Å². The van der Waals surface area contributed by atoms with Crippen LogP contribution in [0.1, 0.15) is 30.8 Å². The fourth-order valence-corrected chi connectivity index (χ4v) is 3.23. The van der Waals surface area contributed by atoms with Crippen molar-refractivity contribution in [2.24, 2.45) is 0 Å². The molecule has 0 radical (unpaired) electrons. The molecule has 0 saturated heterocycles. The summed E-state index contributed by atoms with van der Waals surface area (Å²) in [5.41, 5.74) is 4.88. The van der Waals surface area contributed by atoms with Gasteiger partial charge in [0.2, 0.25) is 0 Å². The van der Waals surface area contributed by atoms with Crippen molar-refractivity contribution in [1.29, 1.82) is 0 Å². The Morgan fingerprint density at radius 1 is 1.20 bits per heavy atom. The van der Waals surface area contributed by atoms with Crippen LogP contribution < -0.4 is 10.1 Å². The van der Waals surface area contributed by atoms with Gasteiger partial charge in [-0.3, -0.25) is 0 Å². The molecule has 3 rings (SSSR count). The predicted molar refractivity (Wildman–Crippen MR) is 114 cm³/mol. The Kier molecular flexibility index (Phi) is 6.79. The molecule has 0 aliphatic heterocycles. The first-order chi connectivity index (χ1) is 14.4. The van der Waals surface area contributed by atoms with Gasteiger partial charge in [-0.1, -0.05) is 36.8 Å². The number of tetrazole rings is 1. The molecule has 30 heavy (non-hydrogen) atoms. The van der Waals surface area contributed by atoms with Gasteiger partial charge in [0.15, 0.2) is 5.82 Å². The smallest absolute Gasteiger partial charge is 0.410 e. The second kappa shape index (κ2) is 9.49. The third-order valence-corrected chi connectivity index (χ3v) is 4.79. The van der Waals surface area contributed by atoms with Crippen LogP contribution in [0.15, 0.2) is 36.4 Å². The van der Waals surface area contributed by atoms with Gasteiger partial charge in [0.25, 0.3) is 0 Å². The summed E-state index contributed by atoms with van der Waals surface area (Å²) in [4.78, 5) is 12.4. The van der Waals surface area contributed by atoms with E-state index in [1.54, 1.807) is 17.9 Å². The Bertz CT molecular complexity index is 1010. The van der Waals surface area contributed by atoms with E-state index >= 15 is 0 Å². The number of hydrogen-bond acceptors (Lipinski definition) is 6. The summed E-state index contributed by atoms with van der Waals surface area (Å²) in [7, 11) is 1.58. The fraction of sp³-hybridized carbons (Fsp3) is 0.364. The molecular weight excluding hydrogens is 382 g/mol. The van der Waals surface area contributed by atoms with Crippen LogP contribution in [0.25, 0.3) is 16.8 Å². The lowest BCUT2D eigenvalue weighted by Gasteiger charge is -2.17. The number of hydrogen-bond donors (Lipinski definition) is 1. The van der Waals surface area contributed by atoms with E-state index in [2.05, 4.69) is 33.0 Å². The van der Waals surface area contributed by atoms with Gasteiger partial charge in [-0.25, -0.2) is 4.79 Å². The quantitative estimate of drug-likeness (QED) is 0.641. The summed E-state index contributed by atoms with van der Waals surface area (Å²) < 4.78 is 12.3. The maximum Gasteiger partial charge on any atom is 0.412 e. The van der Waals surface area contributed by atoms with Gasteiger partial charge in [0.1, 0.15) is 5.75 Å². The first-order valence-corrected chi connectivity index (χ1v) is 9.89. The van der Waals surface area contributed by atoms with Crippen molar-refractivity contribution in [3.8, 4) is 22.6 Å². The molecule has 8 nitrogen and oxygen atoms in total. The number of methoxy groups -OCH3 is 1. The lowest BCUT2D eigenvalue weighted by molar-refractivity contribution is 0.159. The van der Waals surface area contributed by atoms with Crippen LogP contribution >= 0.6 is 0 Å². The zero-order chi connectivity index (χ0) is 21.7. The Morgan fingerprint density at radius 2 is 1.93 bits per heavy atom. The van der Waals surface area contributed by atoms with Crippen LogP contribution in [-0.2, 0) is 11.2 Å². The maximum atomic E-state index is 12.4. The normalized spacial score (nSPS) is 11.9. The number of carbonyl (C=O) groups is 1. The highest BCUT2D eigenvalue weighted by Gasteiger charge is 2.17. The Labute approximate surface area is 176 Å². The zero-order valence-corrected chi connectivity index (χ0v) is 18.0. The molecule has 1 atom stereocenters. The molecule has 1 amide bonds. The molecule has 0 aliphatic rings. The average Bonchev–Trinajstić information content (AvgIpc) is 3.18. The zero-order valence-electron chi connectivity index (χ0n) is 18.0. The average molecular weight is 409 g/mol. The second-order valence-electron chi connectivity index (χ2n) is 7.23. The number of benzene rings is 2. The third kappa shape index (κ3) is 4.83. The van der Waals surface area contributed by atoms with Crippen molar-refractivity contribution < 1.29 is 14.3 Å². The fourth-order valence-electron chi connectivity index (χ4n) is 3.23. The molecule has 2 aromatic carbocycles. The van der Waals surface area contributed by atoms with Crippen LogP contribution in [0.4, 0.5) is 4.79 Å². The summed E-state index contributed by atoms with van der Waals surface area (Å²) in [6.07, 6.45) is 0.128. The minimum atomic E-state index is -0.545. The van der Waals surface area contributed by atoms with Gasteiger partial charge >= 0.3 is 6.09 Å². The van der Waals surface area contributed by atoms with E-state index in [1.807, 2.05) is 45.9 Å². The molecule has 0 saturated carbocycles. The Balaban J connectivity index is 2.04. The largest absolute Gasteiger partial charge is 0.412 e. The molecule has 0 spiro atoms. The number of aromatic nitrogens is 4. The number of nitrogens with zero attached hydrogens (tertiary/aromatic N) is 4. The van der Waals surface area contributed by atoms with E-state index in [-0.39, 0.29) is 6.04 Å². The lowest BCUT2D eigenvalue weighted by atomic mass is 9.98. The van der Waals surface area contributed by atoms with Crippen LogP contribution in [0.5, 0.6) is 5.75 Å². The molecule has 1 heterocycles. The van der Waals surface area contributed by atoms with E-state index in [0.717, 1.165) is 28.2 Å². The molecule has 1 N–H and O–H groups in total. The summed E-state index contributed by atoms with van der Waals surface area (Å²) in [6, 6.07) is 11.7. The van der Waals surface area contributed by atoms with E-state index in [1.165, 1.54) is 5.56 Å². The summed E-state index contributed by atoms with van der Waals surface area (Å²) in [5.74, 6) is 1.13. The van der Waals surface area contributed by atoms with Crippen molar-refractivity contribution in [3.05, 3.63) is 53.3 Å². The number of amides is 1. The Hall–Kier alpha value is -3.26. The van der Waals surface area contributed by atoms with E-state index in [0.29, 0.717) is 18.8 Å². The van der Waals surface area contributed by atoms with Gasteiger partial charge in [-0.2, -0.15) is 4.68 Å². The number of carbonyl (C=O) groups excluding carboxylic acids is 1. The first-order valence-electron chi connectivity index (χ1n) is 9.89. The van der Waals surface area contributed by atoms with Crippen molar-refractivity contribution >= 4 is 6.09 Å². The van der Waals surface area contributed by atoms with Crippen LogP contribution in [0.2, 0.25) is 0 Å². The SMILES string of the molecule is CCc1nnnn1-c1cc(OC(=O)NC(C)COC)cc(-c2ccc(C)cc2)c1C. The third-order valence-electron chi connectivity index (χ3n) is 4.79. The number of ether oxygens (including phenoxy) is 2. The van der Waals surface area contributed by atoms with Gasteiger partial charge in [0.05, 0.1) is 18.3 Å². The van der Waals surface area contributed by atoms with Crippen LogP contribution in [0, 0.1) is 13.8 Å². The van der Waals surface area contributed by atoms with Crippen LogP contribution in [0.3, 0.4) is 0 Å². The van der Waals surface area contributed by atoms with Crippen molar-refractivity contribution in [2.45, 2.75) is 40.2 Å². The van der Waals surface area contributed by atoms with Gasteiger partial charge < -0.3 is 14.8 Å². The first kappa shape index (κ1) is 21.4. The molecular formula is C22H27N5O3. The number of nitrogens with one attached hydrogen (secondary N) is 1. The summed E-state index contributed by atoms with van der Waals surface area (Å²) in [6.45, 7) is 8.28. The number of aryl methyl sites for hydroxylation is 2. The maximum absolute atomic E-state index is 12.4. The highest BCUT2D eigenvalue weighted by molar-refractivity contribution is 5.76. The standard InChI is InChI=1S/C22H27N5O3/c1-6-21-24-25-26-27(21)20-12-18(30-22(28)23-15(3)13-29-5)11-19(16(20)4)17-9-7-14(2)8-10-17/h7-12,15H,6,13H2,1-5H3,(H,23,28). The van der Waals surface area contributed by atoms with Crippen molar-refractivity contribution in [3.63, 3.8) is 0 Å². The van der Waals surface area contributed by atoms with Gasteiger partial charge in [0, 0.05) is 19.6 Å². The van der Waals surface area contributed by atoms with E-state index < -0.39 is 6.09 Å². The van der Waals surface area contributed by atoms with Gasteiger partial charge in [-0.05, 0) is 54.0 Å². The molecule has 1 unspecified atom stereocenters. The minimum absolute atomic E-state index is 0.171. The molecule has 0 fully saturated rings. The Morgan fingerprint density at radius 3 is 2.60 bits per heavy atom. The minimum Gasteiger partial charge on any atom is -0.410 e. The topological polar surface area (TPSA) is 91.2 Å². The molecule has 0 bridgehead atoms. The molecule has 0 aliphatic carbocycles. The van der Waals surface area contributed by atoms with Crippen LogP contribution in [-0.4, -0.2) is 46.1 Å². The van der Waals surface area contributed by atoms with Crippen molar-refractivity contribution in [2.75, 3.05) is 13.7 Å². The second-order valence-corrected chi connectivity index (χ2v) is 7.23. The number of rotatable bonds is 7. The predicted octanol–water partition coefficient (Wildman–Crippen LogP) is 3.63. The molecule has 8 heteroatoms. The monoisotopic (exact) mass is 409 g/mol. The van der Waals surface area contributed by atoms with E-state index in [9.17, 15) is 4.79 Å². The summed E-state index contributed by atoms with van der Waals surface area (Å²) in [5, 5.41) is 14.8. The van der Waals surface area contributed by atoms with Gasteiger partial charge in [-0.15, -0.1) is 5.10 Å². The van der Waals surface area contributed by atoms with E-state index in [4.69, 9.17) is 9.47 Å². The molecule has 1 aromatic heterocycles. The highest BCUT2D eigenvalue weighted by Crippen LogP contribution is 2.33. The summed E-state index contributed by atoms with van der Waals surface area (Å²) >= 11 is 0. The lowest BCUT2D eigenvalue weighted by Crippen LogP contribution is -2.37. The molecule has 158 valence electrons. The molecule has 3 aromatic rings.